The molecule has 0 bridgehead atoms. The molecule has 156 valence electrons. The summed E-state index contributed by atoms with van der Waals surface area (Å²) in [5, 5.41) is 4.26. The minimum Gasteiger partial charge on any atom is -0.469 e. The van der Waals surface area contributed by atoms with Crippen LogP contribution in [0.25, 0.3) is 10.8 Å². The van der Waals surface area contributed by atoms with Crippen molar-refractivity contribution in [2.75, 3.05) is 7.11 Å². The smallest absolute Gasteiger partial charge is 0.411 e. The summed E-state index contributed by atoms with van der Waals surface area (Å²) in [6.45, 7) is 11.1. The first-order chi connectivity index (χ1) is 13.5. The van der Waals surface area contributed by atoms with Gasteiger partial charge in [0.25, 0.3) is 0 Å². The molecule has 0 heterocycles. The van der Waals surface area contributed by atoms with Crippen molar-refractivity contribution in [1.82, 2.24) is 5.32 Å². The van der Waals surface area contributed by atoms with E-state index in [1.807, 2.05) is 13.0 Å². The number of rotatable bonds is 6. The summed E-state index contributed by atoms with van der Waals surface area (Å²) in [5.74, 6) is -0.666. The Hall–Kier alpha value is -2.89. The van der Waals surface area contributed by atoms with Gasteiger partial charge in [-0.3, -0.25) is 10.1 Å². The number of amides is 1. The van der Waals surface area contributed by atoms with Gasteiger partial charge in [0.1, 0.15) is 11.4 Å². The van der Waals surface area contributed by atoms with Crippen molar-refractivity contribution in [3.05, 3.63) is 59.0 Å². The largest absolute Gasteiger partial charge is 0.469 e. The predicted molar refractivity (Wildman–Crippen MR) is 111 cm³/mol. The van der Waals surface area contributed by atoms with Crippen molar-refractivity contribution >= 4 is 22.8 Å². The van der Waals surface area contributed by atoms with Crippen LogP contribution in [0.5, 0.6) is 0 Å². The number of allylic oxidation sites excluding steroid dienone is 1. The van der Waals surface area contributed by atoms with Gasteiger partial charge >= 0.3 is 12.1 Å². The van der Waals surface area contributed by atoms with Crippen molar-refractivity contribution < 1.29 is 23.5 Å². The average Bonchev–Trinajstić information content (AvgIpc) is 2.60. The molecule has 5 nitrogen and oxygen atoms in total. The van der Waals surface area contributed by atoms with Crippen LogP contribution >= 0.6 is 0 Å². The van der Waals surface area contributed by atoms with Gasteiger partial charge < -0.3 is 9.47 Å². The number of carbonyl (C=O) groups excluding carboxylic acids is 2. The molecular formula is C23H28FNO4. The van der Waals surface area contributed by atoms with Gasteiger partial charge in [-0.2, -0.15) is 0 Å². The van der Waals surface area contributed by atoms with Crippen LogP contribution in [0.1, 0.15) is 43.9 Å². The van der Waals surface area contributed by atoms with Gasteiger partial charge in [0.2, 0.25) is 0 Å². The summed E-state index contributed by atoms with van der Waals surface area (Å²) in [4.78, 5) is 23.7. The molecule has 1 N–H and O–H groups in total. The van der Waals surface area contributed by atoms with E-state index in [1.54, 1.807) is 26.8 Å². The predicted octanol–water partition coefficient (Wildman–Crippen LogP) is 4.97. The second-order valence-electron chi connectivity index (χ2n) is 7.99. The van der Waals surface area contributed by atoms with E-state index in [0.717, 1.165) is 27.5 Å². The lowest BCUT2D eigenvalue weighted by Gasteiger charge is -2.20. The number of hydrogen-bond acceptors (Lipinski definition) is 4. The number of halogens is 1. The highest BCUT2D eigenvalue weighted by Crippen LogP contribution is 2.29. The number of benzene rings is 2. The Morgan fingerprint density at radius 1 is 1.21 bits per heavy atom. The summed E-state index contributed by atoms with van der Waals surface area (Å²) >= 11 is 0. The van der Waals surface area contributed by atoms with Gasteiger partial charge in [0.05, 0.1) is 13.5 Å². The molecular weight excluding hydrogens is 373 g/mol. The molecule has 2 aromatic carbocycles. The van der Waals surface area contributed by atoms with Crippen LogP contribution in [-0.2, 0) is 27.1 Å². The Morgan fingerprint density at radius 2 is 1.90 bits per heavy atom. The lowest BCUT2D eigenvalue weighted by atomic mass is 9.90. The molecule has 0 aliphatic rings. The highest BCUT2D eigenvalue weighted by atomic mass is 19.1. The molecule has 6 heteroatoms. The number of esters is 1. The maximum absolute atomic E-state index is 13.9. The number of methoxy groups -OCH3 is 1. The molecule has 0 saturated carbocycles. The van der Waals surface area contributed by atoms with E-state index in [2.05, 4.69) is 11.9 Å². The lowest BCUT2D eigenvalue weighted by Crippen LogP contribution is -2.31. The number of carbonyl (C=O) groups is 2. The first-order valence-corrected chi connectivity index (χ1v) is 9.45. The van der Waals surface area contributed by atoms with Crippen molar-refractivity contribution in [3.8, 4) is 0 Å². The van der Waals surface area contributed by atoms with E-state index in [9.17, 15) is 14.0 Å². The molecule has 0 aliphatic heterocycles. The van der Waals surface area contributed by atoms with Crippen LogP contribution in [0.4, 0.5) is 9.18 Å². The topological polar surface area (TPSA) is 64.6 Å². The second-order valence-corrected chi connectivity index (χ2v) is 7.99. The van der Waals surface area contributed by atoms with E-state index in [4.69, 9.17) is 9.47 Å². The zero-order valence-electron chi connectivity index (χ0n) is 17.6. The van der Waals surface area contributed by atoms with Crippen LogP contribution < -0.4 is 5.32 Å². The third kappa shape index (κ3) is 6.31. The molecule has 29 heavy (non-hydrogen) atoms. The van der Waals surface area contributed by atoms with E-state index in [1.165, 1.54) is 19.2 Å². The number of alkyl carbamates (subject to hydrolysis) is 1. The molecule has 0 unspecified atom stereocenters. The normalized spacial score (nSPS) is 11.2. The molecule has 0 radical (unpaired) electrons. The van der Waals surface area contributed by atoms with E-state index in [-0.39, 0.29) is 18.2 Å². The Bertz CT molecular complexity index is 944. The maximum atomic E-state index is 13.9. The number of hydrogen-bond donors (Lipinski definition) is 1. The van der Waals surface area contributed by atoms with Gasteiger partial charge in [-0.25, -0.2) is 9.18 Å². The molecule has 0 atom stereocenters. The van der Waals surface area contributed by atoms with Crippen molar-refractivity contribution in [1.29, 1.82) is 0 Å². The fraction of sp³-hybridized carbons (Fsp3) is 0.391. The molecule has 0 fully saturated rings. The van der Waals surface area contributed by atoms with Gasteiger partial charge in [-0.05, 0) is 80.1 Å². The summed E-state index contributed by atoms with van der Waals surface area (Å²) < 4.78 is 23.9. The molecule has 0 spiro atoms. The Kier molecular flexibility index (Phi) is 7.01. The Balaban J connectivity index is 2.27. The number of aryl methyl sites for hydroxylation is 1. The minimum absolute atomic E-state index is 0.139. The van der Waals surface area contributed by atoms with E-state index < -0.39 is 11.7 Å². The fourth-order valence-corrected chi connectivity index (χ4v) is 3.13. The standard InChI is InChI=1S/C23H28FNO4/c1-14(25-22(27)29-23(3,4)5)7-10-19-15(2)17(12-21(26)28-6)11-16-8-9-18(24)13-20(16)19/h8-9,11,13H,1,7,10,12H2,2-6H3,(H,25,27). The highest BCUT2D eigenvalue weighted by Gasteiger charge is 2.17. The molecule has 0 aliphatic carbocycles. The third-order valence-corrected chi connectivity index (χ3v) is 4.52. The third-order valence-electron chi connectivity index (χ3n) is 4.52. The van der Waals surface area contributed by atoms with E-state index in [0.29, 0.717) is 18.5 Å². The van der Waals surface area contributed by atoms with Crippen LogP contribution in [0.2, 0.25) is 0 Å². The van der Waals surface area contributed by atoms with E-state index >= 15 is 0 Å². The summed E-state index contributed by atoms with van der Waals surface area (Å²) in [7, 11) is 1.35. The Labute approximate surface area is 170 Å². The SMILES string of the molecule is C=C(CCc1c(C)c(CC(=O)OC)cc2ccc(F)cc12)NC(=O)OC(C)(C)C. The van der Waals surface area contributed by atoms with Gasteiger partial charge in [-0.15, -0.1) is 0 Å². The zero-order chi connectivity index (χ0) is 21.8. The summed E-state index contributed by atoms with van der Waals surface area (Å²) in [5.41, 5.74) is 2.54. The molecule has 2 aromatic rings. The van der Waals surface area contributed by atoms with Crippen LogP contribution in [0, 0.1) is 12.7 Å². The van der Waals surface area contributed by atoms with Crippen LogP contribution in [0.3, 0.4) is 0 Å². The monoisotopic (exact) mass is 401 g/mol. The van der Waals surface area contributed by atoms with Crippen LogP contribution in [0.15, 0.2) is 36.5 Å². The van der Waals surface area contributed by atoms with Gasteiger partial charge in [0, 0.05) is 5.70 Å². The van der Waals surface area contributed by atoms with Crippen molar-refractivity contribution in [2.24, 2.45) is 0 Å². The van der Waals surface area contributed by atoms with Gasteiger partial charge in [0.15, 0.2) is 0 Å². The van der Waals surface area contributed by atoms with Gasteiger partial charge in [-0.1, -0.05) is 18.7 Å². The molecule has 2 rings (SSSR count). The quantitative estimate of drug-likeness (QED) is 0.694. The highest BCUT2D eigenvalue weighted by molar-refractivity contribution is 5.89. The fourth-order valence-electron chi connectivity index (χ4n) is 3.13. The van der Waals surface area contributed by atoms with Crippen LogP contribution in [-0.4, -0.2) is 24.8 Å². The first kappa shape index (κ1) is 22.4. The zero-order valence-corrected chi connectivity index (χ0v) is 17.6. The number of ether oxygens (including phenoxy) is 2. The lowest BCUT2D eigenvalue weighted by molar-refractivity contribution is -0.139. The number of nitrogens with one attached hydrogen (secondary N) is 1. The average molecular weight is 401 g/mol. The first-order valence-electron chi connectivity index (χ1n) is 9.45. The summed E-state index contributed by atoms with van der Waals surface area (Å²) in [6.07, 6.45) is 0.553. The number of fused-ring (bicyclic) bond motifs is 1. The molecule has 1 amide bonds. The second kappa shape index (κ2) is 9.07. The molecule has 0 aromatic heterocycles. The maximum Gasteiger partial charge on any atom is 0.411 e. The summed E-state index contributed by atoms with van der Waals surface area (Å²) in [6, 6.07) is 6.47. The minimum atomic E-state index is -0.600. The Morgan fingerprint density at radius 3 is 2.52 bits per heavy atom. The molecule has 0 saturated heterocycles. The van der Waals surface area contributed by atoms with Crippen molar-refractivity contribution in [3.63, 3.8) is 0 Å². The van der Waals surface area contributed by atoms with Crippen molar-refractivity contribution in [2.45, 2.75) is 52.6 Å².